The van der Waals surface area contributed by atoms with Crippen molar-refractivity contribution in [1.82, 2.24) is 5.43 Å². The lowest BCUT2D eigenvalue weighted by molar-refractivity contribution is -0.118. The van der Waals surface area contributed by atoms with Crippen LogP contribution < -0.4 is 10.9 Å². The number of alkyl halides is 1. The van der Waals surface area contributed by atoms with Gasteiger partial charge in [-0.3, -0.25) is 15.6 Å². The molecule has 0 radical (unpaired) electrons. The van der Waals surface area contributed by atoms with Crippen LogP contribution in [0.5, 0.6) is 0 Å². The number of amides is 1. The van der Waals surface area contributed by atoms with Crippen molar-refractivity contribution in [3.8, 4) is 11.1 Å². The van der Waals surface area contributed by atoms with Gasteiger partial charge in [-0.2, -0.15) is 0 Å². The highest BCUT2D eigenvalue weighted by Gasteiger charge is 2.00. The van der Waals surface area contributed by atoms with Gasteiger partial charge in [0.05, 0.1) is 5.69 Å². The summed E-state index contributed by atoms with van der Waals surface area (Å²) in [7, 11) is 0. The minimum absolute atomic E-state index is 0.0641. The number of nitrogens with one attached hydrogen (secondary N) is 2. The molecular weight excluding hydrogens is 248 g/mol. The lowest BCUT2D eigenvalue weighted by atomic mass is 10.1. The Morgan fingerprint density at radius 2 is 1.72 bits per heavy atom. The Labute approximate surface area is 111 Å². The van der Waals surface area contributed by atoms with E-state index >= 15 is 0 Å². The van der Waals surface area contributed by atoms with Crippen molar-refractivity contribution in [2.75, 3.05) is 11.3 Å². The van der Waals surface area contributed by atoms with Gasteiger partial charge in [0.2, 0.25) is 0 Å². The Bertz CT molecular complexity index is 528. The maximum atomic E-state index is 11.0. The summed E-state index contributed by atoms with van der Waals surface area (Å²) in [6.07, 6.45) is 0. The lowest BCUT2D eigenvalue weighted by Gasteiger charge is -2.09. The van der Waals surface area contributed by atoms with Crippen LogP contribution in [-0.4, -0.2) is 11.8 Å². The molecule has 92 valence electrons. The molecule has 0 heterocycles. The molecule has 1 amide bonds. The Kier molecular flexibility index (Phi) is 4.20. The van der Waals surface area contributed by atoms with Gasteiger partial charge in [-0.15, -0.1) is 11.6 Å². The van der Waals surface area contributed by atoms with Crippen LogP contribution in [0.2, 0.25) is 0 Å². The molecule has 0 aliphatic rings. The molecule has 3 nitrogen and oxygen atoms in total. The Morgan fingerprint density at radius 3 is 2.44 bits per heavy atom. The van der Waals surface area contributed by atoms with E-state index in [0.29, 0.717) is 0 Å². The highest BCUT2D eigenvalue weighted by Crippen LogP contribution is 2.21. The van der Waals surface area contributed by atoms with E-state index in [9.17, 15) is 4.79 Å². The number of benzene rings is 2. The van der Waals surface area contributed by atoms with E-state index in [4.69, 9.17) is 11.6 Å². The molecule has 0 atom stereocenters. The van der Waals surface area contributed by atoms with Gasteiger partial charge in [0.15, 0.2) is 0 Å². The zero-order valence-corrected chi connectivity index (χ0v) is 10.4. The van der Waals surface area contributed by atoms with Crippen molar-refractivity contribution < 1.29 is 4.79 Å². The molecule has 0 aromatic heterocycles. The van der Waals surface area contributed by atoms with Crippen LogP contribution in [0.25, 0.3) is 11.1 Å². The van der Waals surface area contributed by atoms with E-state index in [0.717, 1.165) is 16.8 Å². The summed E-state index contributed by atoms with van der Waals surface area (Å²) in [5, 5.41) is 0. The van der Waals surface area contributed by atoms with Crippen LogP contribution in [-0.2, 0) is 4.79 Å². The van der Waals surface area contributed by atoms with Gasteiger partial charge in [0.1, 0.15) is 5.88 Å². The molecule has 2 rings (SSSR count). The van der Waals surface area contributed by atoms with Gasteiger partial charge in [-0.05, 0) is 23.3 Å². The fraction of sp³-hybridized carbons (Fsp3) is 0.0714. The molecule has 0 saturated carbocycles. The molecule has 2 aromatic carbocycles. The molecule has 0 unspecified atom stereocenters. The third kappa shape index (κ3) is 3.25. The number of hydrogen-bond donors (Lipinski definition) is 2. The van der Waals surface area contributed by atoms with Crippen LogP contribution in [0, 0.1) is 0 Å². The maximum absolute atomic E-state index is 11.0. The van der Waals surface area contributed by atoms with Crippen LogP contribution in [0.3, 0.4) is 0 Å². The highest BCUT2D eigenvalue weighted by molar-refractivity contribution is 6.27. The summed E-state index contributed by atoms with van der Waals surface area (Å²) in [5.41, 5.74) is 8.36. The van der Waals surface area contributed by atoms with Gasteiger partial charge in [0.25, 0.3) is 5.91 Å². The average molecular weight is 261 g/mol. The molecule has 0 aliphatic carbocycles. The zero-order chi connectivity index (χ0) is 12.8. The van der Waals surface area contributed by atoms with Crippen molar-refractivity contribution in [2.45, 2.75) is 0 Å². The van der Waals surface area contributed by atoms with Crippen LogP contribution >= 0.6 is 11.6 Å². The molecule has 0 fully saturated rings. The summed E-state index contributed by atoms with van der Waals surface area (Å²) in [5.74, 6) is -0.326. The van der Waals surface area contributed by atoms with E-state index in [2.05, 4.69) is 10.9 Å². The molecule has 0 saturated heterocycles. The zero-order valence-electron chi connectivity index (χ0n) is 9.69. The number of hydrazine groups is 1. The SMILES string of the molecule is O=C(CCl)NNc1cccc(-c2ccccc2)c1. The van der Waals surface area contributed by atoms with E-state index in [-0.39, 0.29) is 11.8 Å². The number of rotatable bonds is 4. The van der Waals surface area contributed by atoms with Crippen molar-refractivity contribution in [1.29, 1.82) is 0 Å². The van der Waals surface area contributed by atoms with Gasteiger partial charge < -0.3 is 0 Å². The third-order valence-corrected chi connectivity index (χ3v) is 2.68. The van der Waals surface area contributed by atoms with Gasteiger partial charge >= 0.3 is 0 Å². The number of anilines is 1. The monoisotopic (exact) mass is 260 g/mol. The normalized spacial score (nSPS) is 9.83. The van der Waals surface area contributed by atoms with Gasteiger partial charge in [-0.25, -0.2) is 0 Å². The second-order valence-electron chi connectivity index (χ2n) is 3.75. The third-order valence-electron chi connectivity index (χ3n) is 2.44. The first kappa shape index (κ1) is 12.5. The number of carbonyl (C=O) groups excluding carboxylic acids is 1. The largest absolute Gasteiger partial charge is 0.299 e. The van der Waals surface area contributed by atoms with Crippen LogP contribution in [0.15, 0.2) is 54.6 Å². The van der Waals surface area contributed by atoms with Crippen LogP contribution in [0.1, 0.15) is 0 Å². The molecule has 4 heteroatoms. The number of halogens is 1. The Balaban J connectivity index is 2.13. The fourth-order valence-corrected chi connectivity index (χ4v) is 1.65. The average Bonchev–Trinajstić information content (AvgIpc) is 2.46. The van der Waals surface area contributed by atoms with E-state index in [1.54, 1.807) is 0 Å². The summed E-state index contributed by atoms with van der Waals surface area (Å²) in [6, 6.07) is 17.8. The Morgan fingerprint density at radius 1 is 1.00 bits per heavy atom. The summed E-state index contributed by atoms with van der Waals surface area (Å²) < 4.78 is 0. The summed E-state index contributed by atoms with van der Waals surface area (Å²) in [6.45, 7) is 0. The van der Waals surface area contributed by atoms with Crippen molar-refractivity contribution in [2.24, 2.45) is 0 Å². The first-order chi connectivity index (χ1) is 8.79. The van der Waals surface area contributed by atoms with E-state index in [1.807, 2.05) is 54.6 Å². The van der Waals surface area contributed by atoms with E-state index in [1.165, 1.54) is 0 Å². The van der Waals surface area contributed by atoms with Crippen LogP contribution in [0.4, 0.5) is 5.69 Å². The predicted molar refractivity (Wildman–Crippen MR) is 74.4 cm³/mol. The molecule has 2 N–H and O–H groups in total. The van der Waals surface area contributed by atoms with Crippen molar-refractivity contribution in [3.63, 3.8) is 0 Å². The summed E-state index contributed by atoms with van der Waals surface area (Å²) in [4.78, 5) is 11.0. The second kappa shape index (κ2) is 6.07. The lowest BCUT2D eigenvalue weighted by Crippen LogP contribution is -2.30. The molecule has 0 bridgehead atoms. The fourth-order valence-electron chi connectivity index (χ4n) is 1.58. The molecule has 0 aliphatic heterocycles. The minimum Gasteiger partial charge on any atom is -0.299 e. The van der Waals surface area contributed by atoms with Crippen molar-refractivity contribution in [3.05, 3.63) is 54.6 Å². The topological polar surface area (TPSA) is 41.1 Å². The highest BCUT2D eigenvalue weighted by atomic mass is 35.5. The van der Waals surface area contributed by atoms with Gasteiger partial charge in [-0.1, -0.05) is 42.5 Å². The number of carbonyl (C=O) groups is 1. The molecule has 2 aromatic rings. The quantitative estimate of drug-likeness (QED) is 0.655. The first-order valence-corrected chi connectivity index (χ1v) is 6.09. The van der Waals surface area contributed by atoms with Crippen molar-refractivity contribution >= 4 is 23.2 Å². The Hall–Kier alpha value is -2.00. The number of hydrogen-bond acceptors (Lipinski definition) is 2. The predicted octanol–water partition coefficient (Wildman–Crippen LogP) is 3.04. The standard InChI is InChI=1S/C14H13ClN2O/c15-10-14(18)17-16-13-8-4-7-12(9-13)11-5-2-1-3-6-11/h1-9,16H,10H2,(H,17,18). The smallest absolute Gasteiger partial charge is 0.253 e. The van der Waals surface area contributed by atoms with E-state index < -0.39 is 0 Å². The van der Waals surface area contributed by atoms with Gasteiger partial charge in [0, 0.05) is 0 Å². The second-order valence-corrected chi connectivity index (χ2v) is 4.02. The summed E-state index contributed by atoms with van der Waals surface area (Å²) >= 11 is 5.39. The molecular formula is C14H13ClN2O. The molecule has 0 spiro atoms. The minimum atomic E-state index is -0.262. The molecule has 18 heavy (non-hydrogen) atoms. The first-order valence-electron chi connectivity index (χ1n) is 5.56. The maximum Gasteiger partial charge on any atom is 0.253 e.